The number of halogens is 1. The van der Waals surface area contributed by atoms with Crippen molar-refractivity contribution in [3.63, 3.8) is 0 Å². The second kappa shape index (κ2) is 4.59. The molecule has 0 saturated carbocycles. The van der Waals surface area contributed by atoms with Crippen molar-refractivity contribution in [2.24, 2.45) is 0 Å². The molecule has 1 unspecified atom stereocenters. The largest absolute Gasteiger partial charge is 0.397 e. The smallest absolute Gasteiger partial charge is 0.257 e. The molecule has 0 aromatic heterocycles. The van der Waals surface area contributed by atoms with Gasteiger partial charge in [0.25, 0.3) is 5.91 Å². The Morgan fingerprint density at radius 3 is 2.75 bits per heavy atom. The van der Waals surface area contributed by atoms with Crippen molar-refractivity contribution in [2.45, 2.75) is 25.4 Å². The lowest BCUT2D eigenvalue weighted by atomic mass is 10.0. The monoisotopic (exact) mass is 337 g/mol. The van der Waals surface area contributed by atoms with Crippen LogP contribution in [-0.2, 0) is 16.1 Å². The number of nitrogens with two attached hydrogens (primary N) is 1. The average molecular weight is 338 g/mol. The van der Waals surface area contributed by atoms with E-state index in [1.807, 2.05) is 6.07 Å². The minimum Gasteiger partial charge on any atom is -0.397 e. The Bertz CT molecular complexity index is 644. The van der Waals surface area contributed by atoms with Crippen molar-refractivity contribution in [3.05, 3.63) is 27.7 Å². The van der Waals surface area contributed by atoms with E-state index >= 15 is 0 Å². The predicted molar refractivity (Wildman–Crippen MR) is 74.6 cm³/mol. The first-order valence-electron chi connectivity index (χ1n) is 6.20. The van der Waals surface area contributed by atoms with E-state index in [2.05, 4.69) is 21.2 Å². The molecule has 1 aromatic rings. The quantitative estimate of drug-likeness (QED) is 0.585. The van der Waals surface area contributed by atoms with E-state index in [-0.39, 0.29) is 18.2 Å². The number of carbonyl (C=O) groups excluding carboxylic acids is 3. The molecule has 2 aliphatic heterocycles. The Labute approximate surface area is 123 Å². The van der Waals surface area contributed by atoms with Gasteiger partial charge in [-0.3, -0.25) is 19.7 Å². The third-order valence-corrected chi connectivity index (χ3v) is 4.37. The van der Waals surface area contributed by atoms with Gasteiger partial charge in [-0.25, -0.2) is 0 Å². The molecule has 6 nitrogen and oxygen atoms in total. The van der Waals surface area contributed by atoms with Crippen molar-refractivity contribution in [2.75, 3.05) is 5.73 Å². The van der Waals surface area contributed by atoms with Gasteiger partial charge in [0.2, 0.25) is 11.8 Å². The van der Waals surface area contributed by atoms with Gasteiger partial charge in [-0.05, 0) is 34.0 Å². The van der Waals surface area contributed by atoms with E-state index in [9.17, 15) is 14.4 Å². The molecule has 0 spiro atoms. The normalized spacial score (nSPS) is 21.9. The Hall–Kier alpha value is -1.89. The number of imide groups is 1. The van der Waals surface area contributed by atoms with Gasteiger partial charge in [0, 0.05) is 17.4 Å². The van der Waals surface area contributed by atoms with Gasteiger partial charge in [0.15, 0.2) is 0 Å². The van der Waals surface area contributed by atoms with Crippen molar-refractivity contribution in [3.8, 4) is 0 Å². The predicted octanol–water partition coefficient (Wildman–Crippen LogP) is 0.792. The average Bonchev–Trinajstić information content (AvgIpc) is 2.72. The summed E-state index contributed by atoms with van der Waals surface area (Å²) in [4.78, 5) is 37.0. The Kier molecular flexibility index (Phi) is 3.01. The van der Waals surface area contributed by atoms with E-state index in [1.165, 1.54) is 4.90 Å². The highest BCUT2D eigenvalue weighted by molar-refractivity contribution is 9.10. The summed E-state index contributed by atoms with van der Waals surface area (Å²) >= 11 is 3.29. The number of anilines is 1. The topological polar surface area (TPSA) is 92.5 Å². The van der Waals surface area contributed by atoms with E-state index in [4.69, 9.17) is 5.73 Å². The molecule has 0 bridgehead atoms. The van der Waals surface area contributed by atoms with Crippen LogP contribution in [0.3, 0.4) is 0 Å². The van der Waals surface area contributed by atoms with E-state index < -0.39 is 11.9 Å². The van der Waals surface area contributed by atoms with Crippen LogP contribution < -0.4 is 11.1 Å². The zero-order chi connectivity index (χ0) is 14.4. The Morgan fingerprint density at radius 2 is 2.05 bits per heavy atom. The van der Waals surface area contributed by atoms with E-state index in [0.29, 0.717) is 28.7 Å². The number of benzene rings is 1. The maximum Gasteiger partial charge on any atom is 0.257 e. The van der Waals surface area contributed by atoms with Crippen molar-refractivity contribution in [1.82, 2.24) is 10.2 Å². The molecule has 20 heavy (non-hydrogen) atoms. The summed E-state index contributed by atoms with van der Waals surface area (Å²) in [6.07, 6.45) is 0.598. The standard InChI is InChI=1S/C13H12BrN3O3/c14-7-2-1-6-5-17(13(20)10(6)11(7)15)8-3-4-9(18)16-12(8)19/h1-2,8H,3-5,15H2,(H,16,18,19). The third kappa shape index (κ3) is 1.89. The van der Waals surface area contributed by atoms with Crippen LogP contribution in [-0.4, -0.2) is 28.7 Å². The highest BCUT2D eigenvalue weighted by Crippen LogP contribution is 2.34. The van der Waals surface area contributed by atoms with Crippen LogP contribution in [0.4, 0.5) is 5.69 Å². The molecule has 2 aliphatic rings. The lowest BCUT2D eigenvalue weighted by Gasteiger charge is -2.29. The molecule has 1 atom stereocenters. The zero-order valence-corrected chi connectivity index (χ0v) is 12.1. The maximum atomic E-state index is 12.5. The number of nitrogens with zero attached hydrogens (tertiary/aromatic N) is 1. The number of amides is 3. The van der Waals surface area contributed by atoms with E-state index in [1.54, 1.807) is 6.07 Å². The molecule has 0 aliphatic carbocycles. The number of hydrogen-bond acceptors (Lipinski definition) is 4. The first-order chi connectivity index (χ1) is 9.49. The SMILES string of the molecule is Nc1c(Br)ccc2c1C(=O)N(C1CCC(=O)NC1=O)C2. The van der Waals surface area contributed by atoms with Gasteiger partial charge in [-0.15, -0.1) is 0 Å². The van der Waals surface area contributed by atoms with Crippen LogP contribution in [0.15, 0.2) is 16.6 Å². The van der Waals surface area contributed by atoms with Gasteiger partial charge in [0.1, 0.15) is 6.04 Å². The molecule has 2 heterocycles. The summed E-state index contributed by atoms with van der Waals surface area (Å²) in [5.41, 5.74) is 7.57. The summed E-state index contributed by atoms with van der Waals surface area (Å²) in [5, 5.41) is 2.27. The lowest BCUT2D eigenvalue weighted by Crippen LogP contribution is -2.52. The first kappa shape index (κ1) is 13.1. The van der Waals surface area contributed by atoms with Crippen molar-refractivity contribution >= 4 is 39.3 Å². The minimum absolute atomic E-state index is 0.246. The summed E-state index contributed by atoms with van der Waals surface area (Å²) in [6, 6.07) is 3.00. The third-order valence-electron chi connectivity index (χ3n) is 3.68. The van der Waals surface area contributed by atoms with Crippen LogP contribution in [0, 0.1) is 0 Å². The van der Waals surface area contributed by atoms with Gasteiger partial charge >= 0.3 is 0 Å². The number of hydrogen-bond donors (Lipinski definition) is 2. The Balaban J connectivity index is 1.93. The molecule has 1 fully saturated rings. The van der Waals surface area contributed by atoms with Gasteiger partial charge in [0.05, 0.1) is 11.3 Å². The second-order valence-corrected chi connectivity index (χ2v) is 5.75. The van der Waals surface area contributed by atoms with Crippen molar-refractivity contribution < 1.29 is 14.4 Å². The summed E-state index contributed by atoms with van der Waals surface area (Å²) in [6.45, 7) is 0.345. The molecule has 104 valence electrons. The number of nitrogens with one attached hydrogen (secondary N) is 1. The fraction of sp³-hybridized carbons (Fsp3) is 0.308. The zero-order valence-electron chi connectivity index (χ0n) is 10.5. The first-order valence-corrected chi connectivity index (χ1v) is 7.00. The summed E-state index contributed by atoms with van der Waals surface area (Å²) in [5.74, 6) is -0.967. The number of nitrogen functional groups attached to an aromatic ring is 1. The van der Waals surface area contributed by atoms with Gasteiger partial charge < -0.3 is 10.6 Å². The second-order valence-electron chi connectivity index (χ2n) is 4.90. The summed E-state index contributed by atoms with van der Waals surface area (Å²) in [7, 11) is 0. The maximum absolute atomic E-state index is 12.5. The van der Waals surface area contributed by atoms with Crippen LogP contribution in [0.5, 0.6) is 0 Å². The van der Waals surface area contributed by atoms with E-state index in [0.717, 1.165) is 5.56 Å². The lowest BCUT2D eigenvalue weighted by molar-refractivity contribution is -0.136. The Morgan fingerprint density at radius 1 is 1.30 bits per heavy atom. The molecule has 3 amide bonds. The number of rotatable bonds is 1. The van der Waals surface area contributed by atoms with Crippen LogP contribution in [0.25, 0.3) is 0 Å². The number of piperidine rings is 1. The van der Waals surface area contributed by atoms with Crippen molar-refractivity contribution in [1.29, 1.82) is 0 Å². The van der Waals surface area contributed by atoms with Gasteiger partial charge in [-0.2, -0.15) is 0 Å². The molecule has 0 radical (unpaired) electrons. The highest BCUT2D eigenvalue weighted by Gasteiger charge is 2.40. The number of fused-ring (bicyclic) bond motifs is 1. The fourth-order valence-corrected chi connectivity index (χ4v) is 2.98. The molecule has 7 heteroatoms. The van der Waals surface area contributed by atoms with Crippen LogP contribution in [0.2, 0.25) is 0 Å². The molecule has 3 rings (SSSR count). The minimum atomic E-state index is -0.606. The molecular formula is C13H12BrN3O3. The highest BCUT2D eigenvalue weighted by atomic mass is 79.9. The number of carbonyl (C=O) groups is 3. The molecule has 1 aromatic carbocycles. The fourth-order valence-electron chi connectivity index (χ4n) is 2.65. The van der Waals surface area contributed by atoms with Crippen LogP contribution >= 0.6 is 15.9 Å². The van der Waals surface area contributed by atoms with Crippen LogP contribution in [0.1, 0.15) is 28.8 Å². The molecule has 1 saturated heterocycles. The van der Waals surface area contributed by atoms with Gasteiger partial charge in [-0.1, -0.05) is 6.07 Å². The molecular weight excluding hydrogens is 326 g/mol. The summed E-state index contributed by atoms with van der Waals surface area (Å²) < 4.78 is 0.662. The molecule has 3 N–H and O–H groups in total.